The van der Waals surface area contributed by atoms with Gasteiger partial charge < -0.3 is 5.11 Å². The van der Waals surface area contributed by atoms with Crippen LogP contribution >= 0.6 is 0 Å². The summed E-state index contributed by atoms with van der Waals surface area (Å²) in [6.07, 6.45) is 5.46. The summed E-state index contributed by atoms with van der Waals surface area (Å²) in [7, 11) is 0. The highest BCUT2D eigenvalue weighted by molar-refractivity contribution is 4.94. The Bertz CT molecular complexity index is 493. The van der Waals surface area contributed by atoms with Gasteiger partial charge in [-0.3, -0.25) is 0 Å². The fraction of sp³-hybridized carbons (Fsp3) is 0.727. The van der Waals surface area contributed by atoms with Gasteiger partial charge in [0.05, 0.1) is 5.69 Å². The second-order valence-corrected chi connectivity index (χ2v) is 4.41. The fourth-order valence-corrected chi connectivity index (χ4v) is 1.75. The largest absolute Gasteiger partial charge is 0.396 e. The van der Waals surface area contributed by atoms with Gasteiger partial charge in [0, 0.05) is 19.3 Å². The zero-order valence-corrected chi connectivity index (χ0v) is 11.1. The van der Waals surface area contributed by atoms with E-state index in [1.807, 2.05) is 6.20 Å². The summed E-state index contributed by atoms with van der Waals surface area (Å²) in [6, 6.07) is 0. The van der Waals surface area contributed by atoms with Crippen molar-refractivity contribution in [3.63, 3.8) is 0 Å². The van der Waals surface area contributed by atoms with Gasteiger partial charge in [-0.05, 0) is 29.7 Å². The SMILES string of the molecule is CCCCn1nnnc1Cn1cc(CCCO)nn1. The quantitative estimate of drug-likeness (QED) is 0.724. The first-order chi connectivity index (χ1) is 9.33. The first-order valence-corrected chi connectivity index (χ1v) is 6.58. The lowest BCUT2D eigenvalue weighted by Crippen LogP contribution is -2.10. The molecule has 0 bridgehead atoms. The second kappa shape index (κ2) is 6.93. The van der Waals surface area contributed by atoms with Gasteiger partial charge in [0.1, 0.15) is 6.54 Å². The van der Waals surface area contributed by atoms with Crippen LogP contribution in [-0.2, 0) is 19.5 Å². The molecule has 8 nitrogen and oxygen atoms in total. The lowest BCUT2D eigenvalue weighted by molar-refractivity contribution is 0.288. The smallest absolute Gasteiger partial charge is 0.172 e. The molecule has 19 heavy (non-hydrogen) atoms. The van der Waals surface area contributed by atoms with Gasteiger partial charge in [0.2, 0.25) is 0 Å². The molecule has 0 aliphatic rings. The third kappa shape index (κ3) is 3.82. The summed E-state index contributed by atoms with van der Waals surface area (Å²) in [5, 5.41) is 28.5. The van der Waals surface area contributed by atoms with Gasteiger partial charge in [0.15, 0.2) is 5.82 Å². The van der Waals surface area contributed by atoms with Crippen LogP contribution in [0.15, 0.2) is 6.20 Å². The van der Waals surface area contributed by atoms with Crippen molar-refractivity contribution in [1.29, 1.82) is 0 Å². The minimum atomic E-state index is 0.169. The maximum absolute atomic E-state index is 8.78. The Morgan fingerprint density at radius 3 is 2.89 bits per heavy atom. The number of hydrogen-bond donors (Lipinski definition) is 1. The molecule has 0 unspecified atom stereocenters. The Balaban J connectivity index is 1.96. The highest BCUT2D eigenvalue weighted by Gasteiger charge is 2.08. The zero-order chi connectivity index (χ0) is 13.5. The third-order valence-corrected chi connectivity index (χ3v) is 2.81. The molecule has 0 saturated carbocycles. The highest BCUT2D eigenvalue weighted by Crippen LogP contribution is 2.02. The van der Waals surface area contributed by atoms with Crippen molar-refractivity contribution in [2.45, 2.75) is 45.7 Å². The molecule has 2 aromatic rings. The molecule has 0 aliphatic heterocycles. The van der Waals surface area contributed by atoms with Crippen molar-refractivity contribution in [2.75, 3.05) is 6.61 Å². The average Bonchev–Trinajstić information content (AvgIpc) is 3.04. The van der Waals surface area contributed by atoms with Crippen LogP contribution in [-0.4, -0.2) is 46.9 Å². The van der Waals surface area contributed by atoms with Gasteiger partial charge in [-0.15, -0.1) is 10.2 Å². The summed E-state index contributed by atoms with van der Waals surface area (Å²) in [5.74, 6) is 0.784. The minimum absolute atomic E-state index is 0.169. The first-order valence-electron chi connectivity index (χ1n) is 6.58. The highest BCUT2D eigenvalue weighted by atomic mass is 16.2. The number of aliphatic hydroxyl groups excluding tert-OH is 1. The molecule has 0 aliphatic carbocycles. The number of rotatable bonds is 8. The van der Waals surface area contributed by atoms with Crippen LogP contribution in [0.2, 0.25) is 0 Å². The molecule has 0 saturated heterocycles. The monoisotopic (exact) mass is 265 g/mol. The number of aromatic nitrogens is 7. The van der Waals surface area contributed by atoms with E-state index in [0.29, 0.717) is 13.0 Å². The summed E-state index contributed by atoms with van der Waals surface area (Å²) in [5.41, 5.74) is 0.877. The molecule has 1 N–H and O–H groups in total. The minimum Gasteiger partial charge on any atom is -0.396 e. The Morgan fingerprint density at radius 1 is 1.21 bits per heavy atom. The topological polar surface area (TPSA) is 94.5 Å². The summed E-state index contributed by atoms with van der Waals surface area (Å²) in [4.78, 5) is 0. The van der Waals surface area contributed by atoms with Crippen molar-refractivity contribution < 1.29 is 5.11 Å². The van der Waals surface area contributed by atoms with Crippen LogP contribution in [0, 0.1) is 0 Å². The molecular weight excluding hydrogens is 246 g/mol. The molecule has 2 aromatic heterocycles. The van der Waals surface area contributed by atoms with E-state index in [-0.39, 0.29) is 6.61 Å². The van der Waals surface area contributed by atoms with Crippen molar-refractivity contribution >= 4 is 0 Å². The molecule has 0 amide bonds. The summed E-state index contributed by atoms with van der Waals surface area (Å²) < 4.78 is 3.53. The van der Waals surface area contributed by atoms with Gasteiger partial charge >= 0.3 is 0 Å². The van der Waals surface area contributed by atoms with Crippen molar-refractivity contribution in [3.05, 3.63) is 17.7 Å². The molecule has 2 heterocycles. The Kier molecular flexibility index (Phi) is 4.96. The molecule has 0 aromatic carbocycles. The lowest BCUT2D eigenvalue weighted by Gasteiger charge is -2.02. The summed E-state index contributed by atoms with van der Waals surface area (Å²) in [6.45, 7) is 3.64. The van der Waals surface area contributed by atoms with E-state index in [4.69, 9.17) is 5.11 Å². The van der Waals surface area contributed by atoms with E-state index >= 15 is 0 Å². The van der Waals surface area contributed by atoms with Crippen LogP contribution < -0.4 is 0 Å². The number of aryl methyl sites for hydroxylation is 2. The number of unbranched alkanes of at least 4 members (excludes halogenated alkanes) is 1. The predicted molar refractivity (Wildman–Crippen MR) is 67.3 cm³/mol. The molecule has 0 spiro atoms. The molecule has 2 rings (SSSR count). The molecule has 104 valence electrons. The molecule has 0 fully saturated rings. The first kappa shape index (κ1) is 13.6. The van der Waals surface area contributed by atoms with E-state index in [1.54, 1.807) is 9.36 Å². The second-order valence-electron chi connectivity index (χ2n) is 4.41. The van der Waals surface area contributed by atoms with Crippen LogP contribution in [0.5, 0.6) is 0 Å². The maximum atomic E-state index is 8.78. The number of aliphatic hydroxyl groups is 1. The standard InChI is InChI=1S/C11H19N7O/c1-2-3-6-18-11(13-14-16-18)9-17-8-10(12-15-17)5-4-7-19/h8,19H,2-7,9H2,1H3. The van der Waals surface area contributed by atoms with Crippen molar-refractivity contribution in [1.82, 2.24) is 35.2 Å². The van der Waals surface area contributed by atoms with Crippen molar-refractivity contribution in [3.8, 4) is 0 Å². The van der Waals surface area contributed by atoms with Crippen LogP contribution in [0.3, 0.4) is 0 Å². The maximum Gasteiger partial charge on any atom is 0.172 e. The van der Waals surface area contributed by atoms with E-state index in [1.165, 1.54) is 0 Å². The summed E-state index contributed by atoms with van der Waals surface area (Å²) >= 11 is 0. The van der Waals surface area contributed by atoms with Crippen LogP contribution in [0.25, 0.3) is 0 Å². The van der Waals surface area contributed by atoms with E-state index in [0.717, 1.165) is 37.3 Å². The zero-order valence-electron chi connectivity index (χ0n) is 11.1. The lowest BCUT2D eigenvalue weighted by atomic mass is 10.3. The molecule has 8 heteroatoms. The van der Waals surface area contributed by atoms with Gasteiger partial charge in [-0.25, -0.2) is 9.36 Å². The van der Waals surface area contributed by atoms with Gasteiger partial charge in [0.25, 0.3) is 0 Å². The van der Waals surface area contributed by atoms with Crippen LogP contribution in [0.1, 0.15) is 37.7 Å². The molecule has 0 radical (unpaired) electrons. The van der Waals surface area contributed by atoms with Gasteiger partial charge in [-0.2, -0.15) is 0 Å². The van der Waals surface area contributed by atoms with Crippen molar-refractivity contribution in [2.24, 2.45) is 0 Å². The number of nitrogens with zero attached hydrogens (tertiary/aromatic N) is 7. The Morgan fingerprint density at radius 2 is 2.11 bits per heavy atom. The van der Waals surface area contributed by atoms with Crippen LogP contribution in [0.4, 0.5) is 0 Å². The fourth-order valence-electron chi connectivity index (χ4n) is 1.75. The Labute approximate surface area is 111 Å². The number of tetrazole rings is 1. The van der Waals surface area contributed by atoms with E-state index in [2.05, 4.69) is 32.8 Å². The Hall–Kier alpha value is -1.83. The number of hydrogen-bond acceptors (Lipinski definition) is 6. The normalized spacial score (nSPS) is 11.1. The average molecular weight is 265 g/mol. The third-order valence-electron chi connectivity index (χ3n) is 2.81. The molecule has 0 atom stereocenters. The molecular formula is C11H19N7O. The van der Waals surface area contributed by atoms with E-state index in [9.17, 15) is 0 Å². The van der Waals surface area contributed by atoms with E-state index < -0.39 is 0 Å². The predicted octanol–water partition coefficient (Wildman–Crippen LogP) is 0.0379. The van der Waals surface area contributed by atoms with Gasteiger partial charge in [-0.1, -0.05) is 18.6 Å².